The second kappa shape index (κ2) is 8.97. The number of fused-ring (bicyclic) bond motifs is 1. The Kier molecular flexibility index (Phi) is 6.31. The van der Waals surface area contributed by atoms with E-state index in [1.54, 1.807) is 61.5 Å². The first-order chi connectivity index (χ1) is 14.9. The maximum absolute atomic E-state index is 12.9. The van der Waals surface area contributed by atoms with Gasteiger partial charge >= 0.3 is 0 Å². The lowest BCUT2D eigenvalue weighted by molar-refractivity contribution is 0.303. The molecule has 0 radical (unpaired) electrons. The lowest BCUT2D eigenvalue weighted by Gasteiger charge is -2.12. The third-order valence-electron chi connectivity index (χ3n) is 4.85. The molecule has 4 rings (SSSR count). The Morgan fingerprint density at radius 2 is 2.06 bits per heavy atom. The van der Waals surface area contributed by atoms with Crippen molar-refractivity contribution in [1.29, 1.82) is 0 Å². The van der Waals surface area contributed by atoms with Crippen molar-refractivity contribution in [2.24, 2.45) is 0 Å². The van der Waals surface area contributed by atoms with Crippen molar-refractivity contribution in [3.05, 3.63) is 58.4 Å². The summed E-state index contributed by atoms with van der Waals surface area (Å²) in [6.45, 7) is 3.55. The molecule has 0 aliphatic rings. The second-order valence-corrected chi connectivity index (χ2v) is 11.6. The van der Waals surface area contributed by atoms with Crippen LogP contribution in [0, 0.1) is 0 Å². The predicted molar refractivity (Wildman–Crippen MR) is 124 cm³/mol. The number of thiazole rings is 1. The summed E-state index contributed by atoms with van der Waals surface area (Å²) in [6, 6.07) is 7.11. The molecule has 7 nitrogen and oxygen atoms in total. The SMILES string of the molecule is CSc1ccc(COc2cc(S(=O)(=O)C(C)C)cc3c(Cc4nccs4)[nH]nc23)nc1. The fraction of sp³-hybridized carbons (Fsp3) is 0.286. The van der Waals surface area contributed by atoms with Crippen LogP contribution in [0.5, 0.6) is 5.75 Å². The number of hydrogen-bond donors (Lipinski definition) is 1. The Balaban J connectivity index is 1.74. The molecule has 0 atom stereocenters. The highest BCUT2D eigenvalue weighted by molar-refractivity contribution is 7.98. The molecular formula is C21H22N4O3S3. The van der Waals surface area contributed by atoms with Crippen molar-refractivity contribution in [2.75, 3.05) is 6.26 Å². The van der Waals surface area contributed by atoms with E-state index in [1.165, 1.54) is 0 Å². The van der Waals surface area contributed by atoms with Gasteiger partial charge in [0.05, 0.1) is 26.5 Å². The first-order valence-corrected chi connectivity index (χ1v) is 13.3. The van der Waals surface area contributed by atoms with Gasteiger partial charge in [-0.3, -0.25) is 10.1 Å². The zero-order chi connectivity index (χ0) is 22.0. The van der Waals surface area contributed by atoms with Crippen LogP contribution in [0.25, 0.3) is 10.9 Å². The molecule has 0 amide bonds. The lowest BCUT2D eigenvalue weighted by Crippen LogP contribution is -2.14. The van der Waals surface area contributed by atoms with Crippen LogP contribution in [0.2, 0.25) is 0 Å². The van der Waals surface area contributed by atoms with Crippen molar-refractivity contribution in [3.8, 4) is 5.75 Å². The zero-order valence-electron chi connectivity index (χ0n) is 17.3. The number of H-pyrrole nitrogens is 1. The minimum Gasteiger partial charge on any atom is -0.485 e. The first-order valence-electron chi connectivity index (χ1n) is 9.63. The maximum atomic E-state index is 12.9. The second-order valence-electron chi connectivity index (χ2n) is 7.19. The van der Waals surface area contributed by atoms with Gasteiger partial charge in [0.1, 0.15) is 17.9 Å². The molecule has 10 heteroatoms. The predicted octanol–water partition coefficient (Wildman–Crippen LogP) is 4.49. The Hall–Kier alpha value is -2.43. The van der Waals surface area contributed by atoms with E-state index >= 15 is 0 Å². The molecule has 31 heavy (non-hydrogen) atoms. The average Bonchev–Trinajstić information content (AvgIpc) is 3.43. The molecule has 3 heterocycles. The summed E-state index contributed by atoms with van der Waals surface area (Å²) in [5, 5.41) is 10.5. The van der Waals surface area contributed by atoms with Gasteiger partial charge in [-0.2, -0.15) is 5.10 Å². The number of ether oxygens (including phenoxy) is 1. The number of thioether (sulfide) groups is 1. The largest absolute Gasteiger partial charge is 0.485 e. The molecule has 1 N–H and O–H groups in total. The minimum absolute atomic E-state index is 0.212. The third kappa shape index (κ3) is 4.60. The van der Waals surface area contributed by atoms with Crippen molar-refractivity contribution >= 4 is 43.8 Å². The van der Waals surface area contributed by atoms with E-state index < -0.39 is 15.1 Å². The van der Waals surface area contributed by atoms with Crippen LogP contribution >= 0.6 is 23.1 Å². The normalized spacial score (nSPS) is 12.0. The van der Waals surface area contributed by atoms with Gasteiger partial charge in [-0.1, -0.05) is 0 Å². The number of pyridine rings is 1. The quantitative estimate of drug-likeness (QED) is 0.376. The molecule has 0 fully saturated rings. The Morgan fingerprint density at radius 3 is 2.71 bits per heavy atom. The summed E-state index contributed by atoms with van der Waals surface area (Å²) < 4.78 is 31.8. The van der Waals surface area contributed by atoms with Gasteiger partial charge in [0.25, 0.3) is 0 Å². The highest BCUT2D eigenvalue weighted by atomic mass is 32.2. The van der Waals surface area contributed by atoms with Gasteiger partial charge < -0.3 is 4.74 Å². The number of nitrogens with one attached hydrogen (secondary N) is 1. The number of aromatic amines is 1. The van der Waals surface area contributed by atoms with Crippen molar-refractivity contribution < 1.29 is 13.2 Å². The maximum Gasteiger partial charge on any atom is 0.180 e. The Bertz CT molecular complexity index is 1280. The monoisotopic (exact) mass is 474 g/mol. The molecule has 0 aliphatic heterocycles. The molecule has 0 saturated heterocycles. The molecule has 0 spiro atoms. The lowest BCUT2D eigenvalue weighted by atomic mass is 10.1. The first kappa shape index (κ1) is 21.8. The van der Waals surface area contributed by atoms with Gasteiger partial charge in [0.2, 0.25) is 0 Å². The summed E-state index contributed by atoms with van der Waals surface area (Å²) >= 11 is 3.16. The van der Waals surface area contributed by atoms with E-state index in [4.69, 9.17) is 4.74 Å². The molecule has 162 valence electrons. The number of benzene rings is 1. The third-order valence-corrected chi connectivity index (χ3v) is 8.47. The van der Waals surface area contributed by atoms with Crippen LogP contribution in [0.15, 0.2) is 51.8 Å². The van der Waals surface area contributed by atoms with Gasteiger partial charge in [-0.15, -0.1) is 23.1 Å². The number of rotatable bonds is 8. The highest BCUT2D eigenvalue weighted by Crippen LogP contribution is 2.33. The smallest absolute Gasteiger partial charge is 0.180 e. The van der Waals surface area contributed by atoms with E-state index in [-0.39, 0.29) is 11.5 Å². The van der Waals surface area contributed by atoms with Gasteiger partial charge in [-0.05, 0) is 38.3 Å². The van der Waals surface area contributed by atoms with Crippen LogP contribution in [0.4, 0.5) is 0 Å². The van der Waals surface area contributed by atoms with Crippen LogP contribution in [-0.2, 0) is 22.9 Å². The van der Waals surface area contributed by atoms with Gasteiger partial charge in [0, 0.05) is 40.5 Å². The Labute approximate surface area is 189 Å². The average molecular weight is 475 g/mol. The van der Waals surface area contributed by atoms with E-state index in [1.807, 2.05) is 23.8 Å². The van der Waals surface area contributed by atoms with Crippen LogP contribution in [-0.4, -0.2) is 40.1 Å². The van der Waals surface area contributed by atoms with Crippen LogP contribution < -0.4 is 4.74 Å². The highest BCUT2D eigenvalue weighted by Gasteiger charge is 2.23. The number of hydrogen-bond acceptors (Lipinski definition) is 8. The molecule has 0 aliphatic carbocycles. The molecule has 4 aromatic rings. The summed E-state index contributed by atoms with van der Waals surface area (Å²) in [5.74, 6) is 0.411. The molecule has 0 bridgehead atoms. The summed E-state index contributed by atoms with van der Waals surface area (Å²) in [4.78, 5) is 10.0. The van der Waals surface area contributed by atoms with Crippen molar-refractivity contribution in [1.82, 2.24) is 20.2 Å². The summed E-state index contributed by atoms with van der Waals surface area (Å²) in [6.07, 6.45) is 6.07. The van der Waals surface area contributed by atoms with E-state index in [0.717, 1.165) is 26.7 Å². The molecular weight excluding hydrogens is 452 g/mol. The Morgan fingerprint density at radius 1 is 1.23 bits per heavy atom. The van der Waals surface area contributed by atoms with Crippen molar-refractivity contribution in [3.63, 3.8) is 0 Å². The molecule has 1 aromatic carbocycles. The van der Waals surface area contributed by atoms with E-state index in [2.05, 4.69) is 20.2 Å². The topological polar surface area (TPSA) is 97.8 Å². The molecule has 0 saturated carbocycles. The fourth-order valence-corrected chi connectivity index (χ4v) is 5.14. The van der Waals surface area contributed by atoms with Crippen LogP contribution in [0.1, 0.15) is 30.2 Å². The van der Waals surface area contributed by atoms with Crippen LogP contribution in [0.3, 0.4) is 0 Å². The molecule has 3 aromatic heterocycles. The zero-order valence-corrected chi connectivity index (χ0v) is 19.8. The summed E-state index contributed by atoms with van der Waals surface area (Å²) in [7, 11) is -3.49. The minimum atomic E-state index is -3.49. The number of nitrogens with zero attached hydrogens (tertiary/aromatic N) is 3. The fourth-order valence-electron chi connectivity index (χ4n) is 3.05. The van der Waals surface area contributed by atoms with Crippen molar-refractivity contribution in [2.45, 2.75) is 41.9 Å². The van der Waals surface area contributed by atoms with E-state index in [0.29, 0.717) is 17.7 Å². The number of sulfone groups is 1. The standard InChI is InChI=1S/C21H22N4O3S3/c1-13(2)31(26,27)16-8-17-18(10-20-22-6-7-30-20)24-25-21(17)19(9-16)28-12-14-4-5-15(29-3)11-23-14/h4-9,11,13H,10,12H2,1-3H3,(H,24,25). The number of aromatic nitrogens is 4. The van der Waals surface area contributed by atoms with Gasteiger partial charge in [-0.25, -0.2) is 13.4 Å². The molecule has 0 unspecified atom stereocenters. The summed E-state index contributed by atoms with van der Waals surface area (Å²) in [5.41, 5.74) is 2.15. The van der Waals surface area contributed by atoms with E-state index in [9.17, 15) is 8.42 Å². The van der Waals surface area contributed by atoms with Gasteiger partial charge in [0.15, 0.2) is 9.84 Å².